The first kappa shape index (κ1) is 11.8. The van der Waals surface area contributed by atoms with Gasteiger partial charge in [-0.25, -0.2) is 4.39 Å². The predicted molar refractivity (Wildman–Crippen MR) is 63.4 cm³/mol. The zero-order chi connectivity index (χ0) is 11.5. The summed E-state index contributed by atoms with van der Waals surface area (Å²) < 4.78 is 19.1. The van der Waals surface area contributed by atoms with Gasteiger partial charge in [-0.3, -0.25) is 0 Å². The average molecular weight is 324 g/mol. The van der Waals surface area contributed by atoms with Crippen LogP contribution in [0.1, 0.15) is 5.01 Å². The van der Waals surface area contributed by atoms with Crippen LogP contribution < -0.4 is 4.74 Å². The molecule has 0 aliphatic carbocycles. The molecule has 1 heterocycles. The van der Waals surface area contributed by atoms with Crippen molar-refractivity contribution in [1.82, 2.24) is 10.2 Å². The van der Waals surface area contributed by atoms with E-state index in [0.29, 0.717) is 19.7 Å². The number of ether oxygens (including phenoxy) is 1. The summed E-state index contributed by atoms with van der Waals surface area (Å²) in [5.74, 6) is 0.228. The molecule has 0 saturated carbocycles. The van der Waals surface area contributed by atoms with Crippen LogP contribution in [-0.4, -0.2) is 10.2 Å². The molecule has 0 atom stereocenters. The van der Waals surface area contributed by atoms with Crippen LogP contribution in [0.3, 0.4) is 0 Å². The topological polar surface area (TPSA) is 35.0 Å². The summed E-state index contributed by atoms with van der Waals surface area (Å²) in [5, 5.41) is 8.12. The molecule has 0 fully saturated rings. The van der Waals surface area contributed by atoms with E-state index in [1.165, 1.54) is 23.5 Å². The second kappa shape index (κ2) is 5.07. The highest BCUT2D eigenvalue weighted by Gasteiger charge is 2.06. The Balaban J connectivity index is 2.04. The Morgan fingerprint density at radius 3 is 2.88 bits per heavy atom. The molecule has 3 nitrogen and oxygen atoms in total. The third-order valence-corrected chi connectivity index (χ3v) is 3.30. The van der Waals surface area contributed by atoms with Gasteiger partial charge in [0.2, 0.25) is 4.47 Å². The van der Waals surface area contributed by atoms with Gasteiger partial charge in [0.05, 0.1) is 4.47 Å². The van der Waals surface area contributed by atoms with Crippen molar-refractivity contribution in [2.75, 3.05) is 0 Å². The molecule has 0 aliphatic heterocycles. The molecule has 2 rings (SSSR count). The number of halogens is 3. The normalized spacial score (nSPS) is 10.4. The minimum Gasteiger partial charge on any atom is -0.485 e. The maximum Gasteiger partial charge on any atom is 0.207 e. The fraction of sp³-hybridized carbons (Fsp3) is 0.111. The Morgan fingerprint density at radius 2 is 2.25 bits per heavy atom. The number of nitrogens with zero attached hydrogens (tertiary/aromatic N) is 2. The van der Waals surface area contributed by atoms with Gasteiger partial charge in [-0.2, -0.15) is 0 Å². The average Bonchev–Trinajstić information content (AvgIpc) is 2.63. The molecule has 0 radical (unpaired) electrons. The Labute approximate surface area is 108 Å². The number of aromatic nitrogens is 2. The monoisotopic (exact) mass is 322 g/mol. The van der Waals surface area contributed by atoms with Gasteiger partial charge in [0.25, 0.3) is 0 Å². The summed E-state index contributed by atoms with van der Waals surface area (Å²) in [5.41, 5.74) is 0. The molecule has 0 saturated heterocycles. The van der Waals surface area contributed by atoms with E-state index in [0.717, 1.165) is 0 Å². The van der Waals surface area contributed by atoms with Crippen LogP contribution in [0.4, 0.5) is 4.39 Å². The van der Waals surface area contributed by atoms with E-state index in [4.69, 9.17) is 16.3 Å². The lowest BCUT2D eigenvalue weighted by Crippen LogP contribution is -1.95. The molecule has 2 aromatic rings. The molecule has 1 aromatic carbocycles. The fourth-order valence-electron chi connectivity index (χ4n) is 1.02. The highest BCUT2D eigenvalue weighted by Crippen LogP contribution is 2.26. The molecular weight excluding hydrogens is 319 g/mol. The summed E-state index contributed by atoms with van der Waals surface area (Å²) in [6, 6.07) is 4.21. The molecular formula is C9H5BrClFN2OS. The fourth-order valence-corrected chi connectivity index (χ4v) is 2.27. The summed E-state index contributed by atoms with van der Waals surface area (Å²) in [6.45, 7) is 0.259. The summed E-state index contributed by atoms with van der Waals surface area (Å²) >= 11 is 10.1. The van der Waals surface area contributed by atoms with Gasteiger partial charge in [0, 0.05) is 0 Å². The van der Waals surface area contributed by atoms with Crippen LogP contribution in [-0.2, 0) is 6.61 Å². The zero-order valence-corrected chi connectivity index (χ0v) is 10.9. The third kappa shape index (κ3) is 2.90. The van der Waals surface area contributed by atoms with Crippen molar-refractivity contribution in [3.63, 3.8) is 0 Å². The van der Waals surface area contributed by atoms with E-state index < -0.39 is 0 Å². The van der Waals surface area contributed by atoms with Crippen LogP contribution in [0, 0.1) is 5.82 Å². The maximum atomic E-state index is 12.8. The van der Waals surface area contributed by atoms with Crippen LogP contribution in [0.15, 0.2) is 22.7 Å². The van der Waals surface area contributed by atoms with E-state index in [-0.39, 0.29) is 12.4 Å². The first-order valence-electron chi connectivity index (χ1n) is 4.21. The Kier molecular flexibility index (Phi) is 3.73. The van der Waals surface area contributed by atoms with E-state index in [1.807, 2.05) is 0 Å². The van der Waals surface area contributed by atoms with Crippen molar-refractivity contribution >= 4 is 38.9 Å². The quantitative estimate of drug-likeness (QED) is 0.864. The number of hydrogen-bond donors (Lipinski definition) is 0. The lowest BCUT2D eigenvalue weighted by atomic mass is 10.3. The molecule has 84 valence electrons. The van der Waals surface area contributed by atoms with Gasteiger partial charge < -0.3 is 4.74 Å². The van der Waals surface area contributed by atoms with Crippen molar-refractivity contribution < 1.29 is 9.13 Å². The first-order valence-corrected chi connectivity index (χ1v) is 6.19. The number of hydrogen-bond acceptors (Lipinski definition) is 4. The van der Waals surface area contributed by atoms with Crippen molar-refractivity contribution in [3.8, 4) is 5.75 Å². The molecule has 0 aliphatic rings. The van der Waals surface area contributed by atoms with Crippen LogP contribution in [0.5, 0.6) is 5.75 Å². The molecule has 0 amide bonds. The van der Waals surface area contributed by atoms with Gasteiger partial charge in [-0.1, -0.05) is 11.3 Å². The largest absolute Gasteiger partial charge is 0.485 e. The predicted octanol–water partition coefficient (Wildman–Crippen LogP) is 3.67. The van der Waals surface area contributed by atoms with Crippen molar-refractivity contribution in [3.05, 3.63) is 38.0 Å². The molecule has 7 heteroatoms. The summed E-state index contributed by atoms with van der Waals surface area (Å²) in [6.07, 6.45) is 0. The van der Waals surface area contributed by atoms with Crippen molar-refractivity contribution in [1.29, 1.82) is 0 Å². The van der Waals surface area contributed by atoms with Crippen molar-refractivity contribution in [2.45, 2.75) is 6.61 Å². The van der Waals surface area contributed by atoms with Gasteiger partial charge in [0.1, 0.15) is 18.2 Å². The van der Waals surface area contributed by atoms with Gasteiger partial charge in [-0.15, -0.1) is 10.2 Å². The summed E-state index contributed by atoms with van der Waals surface area (Å²) in [7, 11) is 0. The van der Waals surface area contributed by atoms with Crippen LogP contribution in [0.2, 0.25) is 4.47 Å². The van der Waals surface area contributed by atoms with Gasteiger partial charge in [-0.05, 0) is 45.7 Å². The van der Waals surface area contributed by atoms with Crippen LogP contribution in [0.25, 0.3) is 0 Å². The zero-order valence-electron chi connectivity index (χ0n) is 7.78. The Bertz CT molecular complexity index is 508. The lowest BCUT2D eigenvalue weighted by molar-refractivity contribution is 0.302. The van der Waals surface area contributed by atoms with E-state index >= 15 is 0 Å². The Morgan fingerprint density at radius 1 is 1.44 bits per heavy atom. The standard InChI is InChI=1S/C9H5BrClFN2OS/c10-6-3-5(12)1-2-7(6)15-4-8-13-14-9(11)16-8/h1-3H,4H2. The van der Waals surface area contributed by atoms with Crippen molar-refractivity contribution in [2.24, 2.45) is 0 Å². The molecule has 1 aromatic heterocycles. The molecule has 0 unspecified atom stereocenters. The first-order chi connectivity index (χ1) is 7.65. The molecule has 16 heavy (non-hydrogen) atoms. The highest BCUT2D eigenvalue weighted by atomic mass is 79.9. The second-order valence-corrected chi connectivity index (χ2v) is 5.31. The lowest BCUT2D eigenvalue weighted by Gasteiger charge is -2.05. The highest BCUT2D eigenvalue weighted by molar-refractivity contribution is 9.10. The number of rotatable bonds is 3. The number of benzene rings is 1. The van der Waals surface area contributed by atoms with E-state index in [2.05, 4.69) is 26.1 Å². The maximum absolute atomic E-state index is 12.8. The van der Waals surface area contributed by atoms with Gasteiger partial charge >= 0.3 is 0 Å². The minimum absolute atomic E-state index is 0.259. The molecule has 0 N–H and O–H groups in total. The smallest absolute Gasteiger partial charge is 0.207 e. The van der Waals surface area contributed by atoms with Gasteiger partial charge in [0.15, 0.2) is 5.01 Å². The Hall–Kier alpha value is -0.720. The van der Waals surface area contributed by atoms with Crippen LogP contribution >= 0.6 is 38.9 Å². The van der Waals surface area contributed by atoms with E-state index in [1.54, 1.807) is 6.07 Å². The second-order valence-electron chi connectivity index (χ2n) is 2.81. The summed E-state index contributed by atoms with van der Waals surface area (Å²) in [4.78, 5) is 0. The SMILES string of the molecule is Fc1ccc(OCc2nnc(Cl)s2)c(Br)c1. The molecule has 0 spiro atoms. The van der Waals surface area contributed by atoms with E-state index in [9.17, 15) is 4.39 Å². The third-order valence-electron chi connectivity index (χ3n) is 1.69. The molecule has 0 bridgehead atoms. The minimum atomic E-state index is -0.321.